The molecule has 5 heteroatoms. The number of aliphatic hydroxyl groups excluding tert-OH is 1. The summed E-state index contributed by atoms with van der Waals surface area (Å²) >= 11 is 0. The van der Waals surface area contributed by atoms with Crippen LogP contribution >= 0.6 is 0 Å². The summed E-state index contributed by atoms with van der Waals surface area (Å²) in [4.78, 5) is 11.6. The molecule has 0 spiro atoms. The average molecular weight is 225 g/mol. The van der Waals surface area contributed by atoms with Gasteiger partial charge < -0.3 is 10.4 Å². The van der Waals surface area contributed by atoms with Crippen LogP contribution in [0.15, 0.2) is 6.07 Å². The molecule has 90 valence electrons. The van der Waals surface area contributed by atoms with Gasteiger partial charge in [0.05, 0.1) is 0 Å². The van der Waals surface area contributed by atoms with Crippen LogP contribution in [0, 0.1) is 5.92 Å². The number of hydrogen-bond acceptors (Lipinski definition) is 3. The molecule has 0 aliphatic rings. The second-order valence-electron chi connectivity index (χ2n) is 4.36. The number of aromatic amines is 1. The van der Waals surface area contributed by atoms with E-state index < -0.39 is 0 Å². The van der Waals surface area contributed by atoms with Crippen molar-refractivity contribution in [2.75, 3.05) is 13.2 Å². The van der Waals surface area contributed by atoms with E-state index in [1.807, 2.05) is 20.8 Å². The Morgan fingerprint density at radius 1 is 1.56 bits per heavy atom. The zero-order chi connectivity index (χ0) is 12.1. The largest absolute Gasteiger partial charge is 0.396 e. The summed E-state index contributed by atoms with van der Waals surface area (Å²) in [5, 5.41) is 18.3. The van der Waals surface area contributed by atoms with Crippen LogP contribution in [0.1, 0.15) is 42.9 Å². The van der Waals surface area contributed by atoms with Crippen LogP contribution in [0.3, 0.4) is 0 Å². The van der Waals surface area contributed by atoms with Crippen LogP contribution in [0.5, 0.6) is 0 Å². The Morgan fingerprint density at radius 3 is 2.75 bits per heavy atom. The van der Waals surface area contributed by atoms with Gasteiger partial charge in [0.15, 0.2) is 0 Å². The molecule has 1 atom stereocenters. The molecule has 5 nitrogen and oxygen atoms in total. The number of aromatic nitrogens is 2. The summed E-state index contributed by atoms with van der Waals surface area (Å²) in [5.41, 5.74) is 1.34. The smallest absolute Gasteiger partial charge is 0.271 e. The number of carbonyl (C=O) groups excluding carboxylic acids is 1. The zero-order valence-electron chi connectivity index (χ0n) is 9.95. The lowest BCUT2D eigenvalue weighted by molar-refractivity contribution is 0.0937. The molecule has 1 heterocycles. The maximum absolute atomic E-state index is 11.6. The third kappa shape index (κ3) is 3.34. The third-order valence-electron chi connectivity index (χ3n) is 2.38. The van der Waals surface area contributed by atoms with Crippen LogP contribution in [0.25, 0.3) is 0 Å². The Kier molecular flexibility index (Phi) is 4.49. The zero-order valence-corrected chi connectivity index (χ0v) is 9.95. The van der Waals surface area contributed by atoms with Gasteiger partial charge in [-0.05, 0) is 17.9 Å². The lowest BCUT2D eigenvalue weighted by Gasteiger charge is -2.07. The molecular weight excluding hydrogens is 206 g/mol. The Balaban J connectivity index is 2.53. The molecule has 0 saturated heterocycles. The highest BCUT2D eigenvalue weighted by Gasteiger charge is 2.12. The second kappa shape index (κ2) is 5.65. The summed E-state index contributed by atoms with van der Waals surface area (Å²) in [7, 11) is 0. The maximum atomic E-state index is 11.6. The van der Waals surface area contributed by atoms with Crippen molar-refractivity contribution < 1.29 is 9.90 Å². The van der Waals surface area contributed by atoms with E-state index in [2.05, 4.69) is 15.5 Å². The summed E-state index contributed by atoms with van der Waals surface area (Å²) in [5.74, 6) is 0.182. The Labute approximate surface area is 95.3 Å². The predicted molar refractivity (Wildman–Crippen MR) is 61.3 cm³/mol. The molecule has 1 aromatic heterocycles. The van der Waals surface area contributed by atoms with E-state index in [0.717, 1.165) is 5.69 Å². The van der Waals surface area contributed by atoms with E-state index in [0.29, 0.717) is 18.2 Å². The first-order chi connectivity index (χ1) is 7.54. The van der Waals surface area contributed by atoms with Gasteiger partial charge in [-0.2, -0.15) is 5.10 Å². The normalized spacial score (nSPS) is 12.8. The van der Waals surface area contributed by atoms with Crippen LogP contribution in [-0.4, -0.2) is 34.4 Å². The average Bonchev–Trinajstić information content (AvgIpc) is 2.74. The Bertz CT molecular complexity index is 347. The maximum Gasteiger partial charge on any atom is 0.271 e. The fourth-order valence-electron chi connectivity index (χ4n) is 1.17. The number of H-pyrrole nitrogens is 1. The van der Waals surface area contributed by atoms with Gasteiger partial charge in [-0.25, -0.2) is 0 Å². The number of rotatable bonds is 5. The molecule has 16 heavy (non-hydrogen) atoms. The minimum Gasteiger partial charge on any atom is -0.396 e. The van der Waals surface area contributed by atoms with Crippen molar-refractivity contribution in [3.05, 3.63) is 17.5 Å². The standard InChI is InChI=1S/C11H19N3O2/c1-7(2)9-4-10(14-13-9)11(16)12-5-8(3)6-15/h4,7-8,15H,5-6H2,1-3H3,(H,12,16)(H,13,14). The molecule has 0 fully saturated rings. The van der Waals surface area contributed by atoms with Crippen molar-refractivity contribution in [3.63, 3.8) is 0 Å². The molecule has 0 aliphatic heterocycles. The SMILES string of the molecule is CC(CO)CNC(=O)c1cc(C(C)C)[nH]n1. The van der Waals surface area contributed by atoms with E-state index in [1.54, 1.807) is 6.07 Å². The molecule has 0 saturated carbocycles. The van der Waals surface area contributed by atoms with Crippen molar-refractivity contribution in [3.8, 4) is 0 Å². The highest BCUT2D eigenvalue weighted by molar-refractivity contribution is 5.92. The van der Waals surface area contributed by atoms with Crippen LogP contribution < -0.4 is 5.32 Å². The lowest BCUT2D eigenvalue weighted by atomic mass is 10.1. The minimum atomic E-state index is -0.205. The molecule has 3 N–H and O–H groups in total. The molecule has 0 aromatic carbocycles. The van der Waals surface area contributed by atoms with Gasteiger partial charge in [0.25, 0.3) is 5.91 Å². The van der Waals surface area contributed by atoms with Gasteiger partial charge in [-0.1, -0.05) is 20.8 Å². The van der Waals surface area contributed by atoms with E-state index in [1.165, 1.54) is 0 Å². The number of aliphatic hydroxyl groups is 1. The third-order valence-corrected chi connectivity index (χ3v) is 2.38. The van der Waals surface area contributed by atoms with E-state index in [-0.39, 0.29) is 18.4 Å². The second-order valence-corrected chi connectivity index (χ2v) is 4.36. The lowest BCUT2D eigenvalue weighted by Crippen LogP contribution is -2.29. The Morgan fingerprint density at radius 2 is 2.25 bits per heavy atom. The minimum absolute atomic E-state index is 0.0625. The van der Waals surface area contributed by atoms with Gasteiger partial charge in [-0.3, -0.25) is 9.89 Å². The molecular formula is C11H19N3O2. The number of nitrogens with zero attached hydrogens (tertiary/aromatic N) is 1. The topological polar surface area (TPSA) is 78.0 Å². The molecule has 1 rings (SSSR count). The number of carbonyl (C=O) groups is 1. The van der Waals surface area contributed by atoms with Crippen molar-refractivity contribution in [2.45, 2.75) is 26.7 Å². The van der Waals surface area contributed by atoms with Crippen LogP contribution in [0.2, 0.25) is 0 Å². The molecule has 1 unspecified atom stereocenters. The highest BCUT2D eigenvalue weighted by Crippen LogP contribution is 2.11. The van der Waals surface area contributed by atoms with Gasteiger partial charge in [0, 0.05) is 18.8 Å². The van der Waals surface area contributed by atoms with Crippen molar-refractivity contribution >= 4 is 5.91 Å². The molecule has 0 bridgehead atoms. The first-order valence-electron chi connectivity index (χ1n) is 5.49. The van der Waals surface area contributed by atoms with Crippen LogP contribution in [0.4, 0.5) is 0 Å². The summed E-state index contributed by atoms with van der Waals surface area (Å²) < 4.78 is 0. The van der Waals surface area contributed by atoms with Gasteiger partial charge >= 0.3 is 0 Å². The number of hydrogen-bond donors (Lipinski definition) is 3. The summed E-state index contributed by atoms with van der Waals surface area (Å²) in [6.07, 6.45) is 0. The van der Waals surface area contributed by atoms with Gasteiger partial charge in [-0.15, -0.1) is 0 Å². The monoisotopic (exact) mass is 225 g/mol. The molecule has 1 aromatic rings. The van der Waals surface area contributed by atoms with E-state index >= 15 is 0 Å². The molecule has 0 radical (unpaired) electrons. The Hall–Kier alpha value is -1.36. The summed E-state index contributed by atoms with van der Waals surface area (Å²) in [6.45, 7) is 6.45. The van der Waals surface area contributed by atoms with Gasteiger partial charge in [0.1, 0.15) is 5.69 Å². The molecule has 1 amide bonds. The fraction of sp³-hybridized carbons (Fsp3) is 0.636. The first-order valence-corrected chi connectivity index (χ1v) is 5.49. The van der Waals surface area contributed by atoms with Crippen molar-refractivity contribution in [2.24, 2.45) is 5.92 Å². The number of nitrogens with one attached hydrogen (secondary N) is 2. The van der Waals surface area contributed by atoms with Crippen molar-refractivity contribution in [1.29, 1.82) is 0 Å². The van der Waals surface area contributed by atoms with Crippen molar-refractivity contribution in [1.82, 2.24) is 15.5 Å². The highest BCUT2D eigenvalue weighted by atomic mass is 16.3. The van der Waals surface area contributed by atoms with Gasteiger partial charge in [0.2, 0.25) is 0 Å². The van der Waals surface area contributed by atoms with E-state index in [9.17, 15) is 4.79 Å². The number of amides is 1. The molecule has 0 aliphatic carbocycles. The fourth-order valence-corrected chi connectivity index (χ4v) is 1.17. The summed E-state index contributed by atoms with van der Waals surface area (Å²) in [6, 6.07) is 1.75. The quantitative estimate of drug-likeness (QED) is 0.696. The predicted octanol–water partition coefficient (Wildman–Crippen LogP) is 0.891. The van der Waals surface area contributed by atoms with Crippen LogP contribution in [-0.2, 0) is 0 Å². The van der Waals surface area contributed by atoms with E-state index in [4.69, 9.17) is 5.11 Å². The first kappa shape index (κ1) is 12.7.